The van der Waals surface area contributed by atoms with E-state index in [1.807, 2.05) is 17.5 Å². The van der Waals surface area contributed by atoms with Gasteiger partial charge in [0.25, 0.3) is 5.91 Å². The van der Waals surface area contributed by atoms with Gasteiger partial charge in [0.2, 0.25) is 5.91 Å². The van der Waals surface area contributed by atoms with Crippen LogP contribution in [-0.2, 0) is 16.0 Å². The Bertz CT molecular complexity index is 622. The minimum absolute atomic E-state index is 0.198. The second-order valence-electron chi connectivity index (χ2n) is 6.85. The van der Waals surface area contributed by atoms with Gasteiger partial charge in [-0.05, 0) is 30.7 Å². The lowest BCUT2D eigenvalue weighted by Gasteiger charge is -2.28. The number of urea groups is 1. The Balaban J connectivity index is 1.53. The molecule has 2 fully saturated rings. The van der Waals surface area contributed by atoms with Gasteiger partial charge in [0.15, 0.2) is 0 Å². The second kappa shape index (κ2) is 7.99. The molecule has 0 aromatic carbocycles. The minimum atomic E-state index is -0.783. The van der Waals surface area contributed by atoms with Gasteiger partial charge in [-0.2, -0.15) is 0 Å². The Morgan fingerprint density at radius 3 is 2.60 bits per heavy atom. The van der Waals surface area contributed by atoms with Crippen LogP contribution in [-0.4, -0.2) is 41.4 Å². The lowest BCUT2D eigenvalue weighted by atomic mass is 9.84. The number of hydrogen-bond acceptors (Lipinski definition) is 4. The third kappa shape index (κ3) is 4.21. The summed E-state index contributed by atoms with van der Waals surface area (Å²) in [6.45, 7) is 0.311. The molecule has 4 amide bonds. The van der Waals surface area contributed by atoms with Gasteiger partial charge in [-0.15, -0.1) is 11.3 Å². The first-order valence-corrected chi connectivity index (χ1v) is 9.92. The number of hydrogen-bond donors (Lipinski definition) is 2. The van der Waals surface area contributed by atoms with E-state index in [4.69, 9.17) is 0 Å². The standard InChI is InChI=1S/C18H25N3O3S/c22-15(19-11-8-14-7-6-12-25-14)13-21-16(23)18(20-17(21)24)9-4-2-1-3-5-10-18/h6-7,12H,1-5,8-11,13H2,(H,19,22)(H,20,24). The van der Waals surface area contributed by atoms with Crippen molar-refractivity contribution >= 4 is 29.2 Å². The van der Waals surface area contributed by atoms with Gasteiger partial charge in [0.05, 0.1) is 0 Å². The second-order valence-corrected chi connectivity index (χ2v) is 7.88. The van der Waals surface area contributed by atoms with E-state index in [-0.39, 0.29) is 18.4 Å². The summed E-state index contributed by atoms with van der Waals surface area (Å²) in [5, 5.41) is 7.68. The van der Waals surface area contributed by atoms with E-state index in [2.05, 4.69) is 10.6 Å². The van der Waals surface area contributed by atoms with Crippen molar-refractivity contribution in [3.05, 3.63) is 22.4 Å². The third-order valence-electron chi connectivity index (χ3n) is 5.03. The number of amides is 4. The highest BCUT2D eigenvalue weighted by Gasteiger charge is 2.50. The monoisotopic (exact) mass is 363 g/mol. The van der Waals surface area contributed by atoms with E-state index in [0.29, 0.717) is 19.4 Å². The van der Waals surface area contributed by atoms with Crippen molar-refractivity contribution in [2.45, 2.75) is 56.9 Å². The summed E-state index contributed by atoms with van der Waals surface area (Å²) in [6.07, 6.45) is 7.35. The Hall–Kier alpha value is -1.89. The quantitative estimate of drug-likeness (QED) is 0.789. The fourth-order valence-electron chi connectivity index (χ4n) is 3.65. The van der Waals surface area contributed by atoms with Gasteiger partial charge in [-0.1, -0.05) is 38.2 Å². The highest BCUT2D eigenvalue weighted by Crippen LogP contribution is 2.31. The average Bonchev–Trinajstić information content (AvgIpc) is 3.14. The van der Waals surface area contributed by atoms with Crippen LogP contribution in [0.15, 0.2) is 17.5 Å². The molecule has 3 rings (SSSR count). The maximum atomic E-state index is 12.8. The number of thiophene rings is 1. The summed E-state index contributed by atoms with van der Waals surface area (Å²) >= 11 is 1.65. The highest BCUT2D eigenvalue weighted by molar-refractivity contribution is 7.09. The highest BCUT2D eigenvalue weighted by atomic mass is 32.1. The van der Waals surface area contributed by atoms with Crippen molar-refractivity contribution in [3.8, 4) is 0 Å². The topological polar surface area (TPSA) is 78.5 Å². The van der Waals surface area contributed by atoms with Gasteiger partial charge in [0.1, 0.15) is 12.1 Å². The van der Waals surface area contributed by atoms with Crippen molar-refractivity contribution in [2.75, 3.05) is 13.1 Å². The molecule has 7 heteroatoms. The van der Waals surface area contributed by atoms with Crippen LogP contribution in [0.2, 0.25) is 0 Å². The largest absolute Gasteiger partial charge is 0.354 e. The van der Waals surface area contributed by atoms with Crippen LogP contribution >= 0.6 is 11.3 Å². The molecule has 25 heavy (non-hydrogen) atoms. The van der Waals surface area contributed by atoms with Gasteiger partial charge >= 0.3 is 6.03 Å². The summed E-state index contributed by atoms with van der Waals surface area (Å²) in [5.74, 6) is -0.518. The molecule has 1 aliphatic carbocycles. The number of carbonyl (C=O) groups excluding carboxylic acids is 3. The smallest absolute Gasteiger partial charge is 0.325 e. The summed E-state index contributed by atoms with van der Waals surface area (Å²) < 4.78 is 0. The van der Waals surface area contributed by atoms with Crippen molar-refractivity contribution in [2.24, 2.45) is 0 Å². The molecule has 2 N–H and O–H groups in total. The van der Waals surface area contributed by atoms with Crippen molar-refractivity contribution < 1.29 is 14.4 Å². The molecular weight excluding hydrogens is 338 g/mol. The first kappa shape index (κ1) is 17.9. The van der Waals surface area contributed by atoms with E-state index < -0.39 is 11.6 Å². The molecule has 1 saturated carbocycles. The third-order valence-corrected chi connectivity index (χ3v) is 5.96. The van der Waals surface area contributed by atoms with E-state index in [9.17, 15) is 14.4 Å². The lowest BCUT2D eigenvalue weighted by molar-refractivity contribution is -0.135. The predicted molar refractivity (Wildman–Crippen MR) is 96.3 cm³/mol. The van der Waals surface area contributed by atoms with Crippen molar-refractivity contribution in [3.63, 3.8) is 0 Å². The first-order chi connectivity index (χ1) is 12.1. The molecule has 1 spiro atoms. The summed E-state index contributed by atoms with van der Waals surface area (Å²) in [6, 6.07) is 3.56. The molecule has 1 aromatic heterocycles. The van der Waals surface area contributed by atoms with Crippen LogP contribution in [0.5, 0.6) is 0 Å². The average molecular weight is 363 g/mol. The number of carbonyl (C=O) groups is 3. The maximum Gasteiger partial charge on any atom is 0.325 e. The molecule has 2 aliphatic rings. The molecule has 0 atom stereocenters. The fourth-order valence-corrected chi connectivity index (χ4v) is 4.36. The zero-order valence-corrected chi connectivity index (χ0v) is 15.2. The van der Waals surface area contributed by atoms with Crippen LogP contribution in [0.4, 0.5) is 4.79 Å². The molecule has 0 bridgehead atoms. The molecule has 6 nitrogen and oxygen atoms in total. The molecular formula is C18H25N3O3S. The summed E-state index contributed by atoms with van der Waals surface area (Å²) in [7, 11) is 0. The van der Waals surface area contributed by atoms with Gasteiger partial charge < -0.3 is 10.6 Å². The van der Waals surface area contributed by atoms with Gasteiger partial charge in [-0.25, -0.2) is 4.79 Å². The molecule has 0 unspecified atom stereocenters. The molecule has 2 heterocycles. The molecule has 136 valence electrons. The van der Waals surface area contributed by atoms with Crippen molar-refractivity contribution in [1.29, 1.82) is 0 Å². The number of nitrogens with one attached hydrogen (secondary N) is 2. The molecule has 1 aromatic rings. The van der Waals surface area contributed by atoms with Gasteiger partial charge in [-0.3, -0.25) is 14.5 Å². The lowest BCUT2D eigenvalue weighted by Crippen LogP contribution is -2.48. The maximum absolute atomic E-state index is 12.8. The van der Waals surface area contributed by atoms with Crippen LogP contribution in [0.3, 0.4) is 0 Å². The molecule has 0 radical (unpaired) electrons. The van der Waals surface area contributed by atoms with E-state index >= 15 is 0 Å². The van der Waals surface area contributed by atoms with E-state index in [1.54, 1.807) is 11.3 Å². The van der Waals surface area contributed by atoms with Crippen molar-refractivity contribution in [1.82, 2.24) is 15.5 Å². The minimum Gasteiger partial charge on any atom is -0.354 e. The zero-order valence-electron chi connectivity index (χ0n) is 14.4. The summed E-state index contributed by atoms with van der Waals surface area (Å²) in [4.78, 5) is 39.5. The van der Waals surface area contributed by atoms with E-state index in [0.717, 1.165) is 37.0 Å². The Morgan fingerprint density at radius 2 is 1.92 bits per heavy atom. The predicted octanol–water partition coefficient (Wildman–Crippen LogP) is 2.44. The molecule has 1 aliphatic heterocycles. The molecule has 1 saturated heterocycles. The number of imide groups is 1. The van der Waals surface area contributed by atoms with Gasteiger partial charge in [0, 0.05) is 11.4 Å². The Labute approximate surface area is 152 Å². The van der Waals surface area contributed by atoms with Crippen LogP contribution in [0, 0.1) is 0 Å². The Morgan fingerprint density at radius 1 is 1.20 bits per heavy atom. The first-order valence-electron chi connectivity index (χ1n) is 9.04. The Kier molecular flexibility index (Phi) is 5.73. The van der Waals surface area contributed by atoms with Crippen LogP contribution in [0.1, 0.15) is 49.8 Å². The summed E-state index contributed by atoms with van der Waals surface area (Å²) in [5.41, 5.74) is -0.783. The SMILES string of the molecule is O=C(CN1C(=O)NC2(CCCCCCC2)C1=O)NCCc1cccs1. The normalized spacial score (nSPS) is 20.2. The van der Waals surface area contributed by atoms with Crippen LogP contribution < -0.4 is 10.6 Å². The number of rotatable bonds is 5. The zero-order chi connectivity index (χ0) is 17.7. The van der Waals surface area contributed by atoms with Crippen LogP contribution in [0.25, 0.3) is 0 Å². The number of nitrogens with zero attached hydrogens (tertiary/aromatic N) is 1. The fraction of sp³-hybridized carbons (Fsp3) is 0.611. The van der Waals surface area contributed by atoms with E-state index in [1.165, 1.54) is 11.3 Å².